The van der Waals surface area contributed by atoms with Gasteiger partial charge in [0.25, 0.3) is 0 Å². The van der Waals surface area contributed by atoms with Crippen molar-refractivity contribution in [2.75, 3.05) is 0 Å². The first-order valence-electron chi connectivity index (χ1n) is 4.93. The summed E-state index contributed by atoms with van der Waals surface area (Å²) in [6.07, 6.45) is 1.43. The van der Waals surface area contributed by atoms with Crippen LogP contribution in [0.15, 0.2) is 0 Å². The van der Waals surface area contributed by atoms with Crippen molar-refractivity contribution >= 4 is 5.97 Å². The molecule has 1 radical (unpaired) electrons. The number of rotatable bonds is 3. The molecule has 0 aromatic heterocycles. The zero-order valence-electron chi connectivity index (χ0n) is 10.0. The van der Waals surface area contributed by atoms with E-state index in [0.29, 0.717) is 6.42 Å². The SMILES string of the molecule is [CH2-]OC(C)(C)CC1(C)CC(C)OC1=O.[Y]. The van der Waals surface area contributed by atoms with Crippen molar-refractivity contribution in [1.82, 2.24) is 0 Å². The third-order valence-corrected chi connectivity index (χ3v) is 2.75. The second-order valence-corrected chi connectivity index (χ2v) is 5.06. The summed E-state index contributed by atoms with van der Waals surface area (Å²) >= 11 is 0. The number of carbonyl (C=O) groups excluding carboxylic acids is 1. The number of hydrogen-bond donors (Lipinski definition) is 0. The molecule has 1 fully saturated rings. The summed E-state index contributed by atoms with van der Waals surface area (Å²) in [4.78, 5) is 11.6. The molecule has 1 rings (SSSR count). The minimum absolute atomic E-state index is 0. The van der Waals surface area contributed by atoms with Crippen LogP contribution in [0, 0.1) is 12.5 Å². The summed E-state index contributed by atoms with van der Waals surface area (Å²) in [6, 6.07) is 0. The third kappa shape index (κ3) is 3.79. The van der Waals surface area contributed by atoms with E-state index in [9.17, 15) is 4.79 Å². The second kappa shape index (κ2) is 5.24. The molecule has 0 spiro atoms. The van der Waals surface area contributed by atoms with Crippen molar-refractivity contribution in [3.05, 3.63) is 7.11 Å². The van der Waals surface area contributed by atoms with Gasteiger partial charge in [0, 0.05) is 44.7 Å². The second-order valence-electron chi connectivity index (χ2n) is 5.06. The number of hydrogen-bond acceptors (Lipinski definition) is 3. The fraction of sp³-hybridized carbons (Fsp3) is 0.818. The van der Waals surface area contributed by atoms with Crippen molar-refractivity contribution in [3.63, 3.8) is 0 Å². The van der Waals surface area contributed by atoms with E-state index in [4.69, 9.17) is 9.47 Å². The van der Waals surface area contributed by atoms with Crippen LogP contribution in [0.25, 0.3) is 0 Å². The minimum atomic E-state index is -0.416. The molecule has 0 bridgehead atoms. The Labute approximate surface area is 117 Å². The molecular weight excluding hydrogens is 269 g/mol. The first kappa shape index (κ1) is 15.5. The molecule has 0 aromatic rings. The molecular formula is C11H19O3Y-. The number of cyclic esters (lactones) is 1. The van der Waals surface area contributed by atoms with E-state index in [0.717, 1.165) is 6.42 Å². The van der Waals surface area contributed by atoms with Gasteiger partial charge in [0.05, 0.1) is 5.41 Å². The molecule has 4 heteroatoms. The summed E-state index contributed by atoms with van der Waals surface area (Å²) in [6.45, 7) is 7.71. The maximum Gasteiger partial charge on any atom is 0.312 e. The standard InChI is InChI=1S/C11H19O3.Y/c1-8-6-11(4,9(12)14-8)7-10(2,3)13-5;/h8H,5-7H2,1-4H3;/q-1;. The Morgan fingerprint density at radius 3 is 2.53 bits per heavy atom. The quantitative estimate of drug-likeness (QED) is 0.590. The first-order valence-corrected chi connectivity index (χ1v) is 4.93. The summed E-state index contributed by atoms with van der Waals surface area (Å²) < 4.78 is 10.2. The maximum absolute atomic E-state index is 11.6. The van der Waals surface area contributed by atoms with E-state index < -0.39 is 5.41 Å². The Bertz CT molecular complexity index is 240. The molecule has 0 amide bonds. The van der Waals surface area contributed by atoms with Crippen LogP contribution >= 0.6 is 0 Å². The van der Waals surface area contributed by atoms with Crippen molar-refractivity contribution in [3.8, 4) is 0 Å². The summed E-state index contributed by atoms with van der Waals surface area (Å²) in [5.41, 5.74) is -0.793. The molecule has 2 atom stereocenters. The van der Waals surface area contributed by atoms with Crippen molar-refractivity contribution in [2.45, 2.75) is 52.2 Å². The largest absolute Gasteiger partial charge is 0.551 e. The Morgan fingerprint density at radius 2 is 2.20 bits per heavy atom. The molecule has 0 aliphatic carbocycles. The number of ether oxygens (including phenoxy) is 2. The Balaban J connectivity index is 0.00000196. The van der Waals surface area contributed by atoms with E-state index in [1.165, 1.54) is 0 Å². The molecule has 0 aromatic carbocycles. The van der Waals surface area contributed by atoms with Gasteiger partial charge in [-0.3, -0.25) is 4.79 Å². The molecule has 1 aliphatic heterocycles. The van der Waals surface area contributed by atoms with Gasteiger partial charge >= 0.3 is 5.97 Å². The van der Waals surface area contributed by atoms with E-state index in [1.54, 1.807) is 0 Å². The van der Waals surface area contributed by atoms with Gasteiger partial charge in [-0.05, 0) is 34.1 Å². The van der Waals surface area contributed by atoms with Crippen LogP contribution < -0.4 is 0 Å². The predicted molar refractivity (Wildman–Crippen MR) is 53.4 cm³/mol. The van der Waals surface area contributed by atoms with Crippen LogP contribution in [0.3, 0.4) is 0 Å². The van der Waals surface area contributed by atoms with Crippen LogP contribution in [0.4, 0.5) is 0 Å². The number of esters is 1. The Hall–Kier alpha value is 0.534. The smallest absolute Gasteiger partial charge is 0.312 e. The van der Waals surface area contributed by atoms with E-state index >= 15 is 0 Å². The van der Waals surface area contributed by atoms with E-state index in [1.807, 2.05) is 27.7 Å². The topological polar surface area (TPSA) is 35.5 Å². The third-order valence-electron chi connectivity index (χ3n) is 2.75. The molecule has 2 unspecified atom stereocenters. The fourth-order valence-corrected chi connectivity index (χ4v) is 2.22. The normalized spacial score (nSPS) is 31.0. The van der Waals surface area contributed by atoms with Crippen LogP contribution in [0.2, 0.25) is 0 Å². The summed E-state index contributed by atoms with van der Waals surface area (Å²) in [7, 11) is 3.42. The van der Waals surface area contributed by atoms with Gasteiger partial charge in [0.15, 0.2) is 0 Å². The van der Waals surface area contributed by atoms with Crippen molar-refractivity contribution < 1.29 is 47.0 Å². The van der Waals surface area contributed by atoms with Crippen LogP contribution in [0.5, 0.6) is 0 Å². The van der Waals surface area contributed by atoms with E-state index in [2.05, 4.69) is 7.11 Å². The monoisotopic (exact) mass is 288 g/mol. The van der Waals surface area contributed by atoms with Crippen LogP contribution in [-0.4, -0.2) is 17.7 Å². The van der Waals surface area contributed by atoms with Gasteiger partial charge in [0.2, 0.25) is 0 Å². The zero-order valence-corrected chi connectivity index (χ0v) is 12.8. The Morgan fingerprint density at radius 1 is 1.67 bits per heavy atom. The van der Waals surface area contributed by atoms with Crippen LogP contribution in [-0.2, 0) is 47.0 Å². The van der Waals surface area contributed by atoms with Gasteiger partial charge in [-0.2, -0.15) is 0 Å². The molecule has 85 valence electrons. The Kier molecular flexibility index (Phi) is 5.43. The molecule has 1 heterocycles. The van der Waals surface area contributed by atoms with Crippen molar-refractivity contribution in [1.29, 1.82) is 0 Å². The molecule has 1 aliphatic rings. The molecule has 0 saturated carbocycles. The average molecular weight is 288 g/mol. The van der Waals surface area contributed by atoms with Crippen molar-refractivity contribution in [2.24, 2.45) is 5.41 Å². The predicted octanol–water partition coefficient (Wildman–Crippen LogP) is 2.30. The van der Waals surface area contributed by atoms with E-state index in [-0.39, 0.29) is 50.4 Å². The maximum atomic E-state index is 11.6. The molecule has 3 nitrogen and oxygen atoms in total. The molecule has 1 saturated heterocycles. The minimum Gasteiger partial charge on any atom is -0.551 e. The van der Waals surface area contributed by atoms with Gasteiger partial charge < -0.3 is 9.47 Å². The van der Waals surface area contributed by atoms with Gasteiger partial charge in [-0.1, -0.05) is 0 Å². The average Bonchev–Trinajstić information content (AvgIpc) is 2.24. The zero-order chi connectivity index (χ0) is 11.0. The summed E-state index contributed by atoms with van der Waals surface area (Å²) in [5, 5.41) is 0. The van der Waals surface area contributed by atoms with Gasteiger partial charge in [-0.15, -0.1) is 0 Å². The van der Waals surface area contributed by atoms with Gasteiger partial charge in [-0.25, -0.2) is 7.11 Å². The number of carbonyl (C=O) groups is 1. The van der Waals surface area contributed by atoms with Gasteiger partial charge in [0.1, 0.15) is 6.10 Å². The first-order chi connectivity index (χ1) is 6.29. The molecule has 15 heavy (non-hydrogen) atoms. The fourth-order valence-electron chi connectivity index (χ4n) is 2.22. The summed E-state index contributed by atoms with van der Waals surface area (Å²) in [5.74, 6) is -0.116. The molecule has 0 N–H and O–H groups in total. The van der Waals surface area contributed by atoms with Crippen LogP contribution in [0.1, 0.15) is 40.5 Å².